The number of hydrogen-bond donors (Lipinski definition) is 0. The fraction of sp³-hybridized carbons (Fsp3) is 0.438. The van der Waals surface area contributed by atoms with Crippen LogP contribution in [0.25, 0.3) is 11.1 Å². The van der Waals surface area contributed by atoms with Crippen LogP contribution in [-0.4, -0.2) is 29.8 Å². The number of ether oxygens (including phenoxy) is 2. The van der Waals surface area contributed by atoms with Gasteiger partial charge >= 0.3 is 0 Å². The summed E-state index contributed by atoms with van der Waals surface area (Å²) in [5.41, 5.74) is 6.66. The summed E-state index contributed by atoms with van der Waals surface area (Å²) in [5.74, 6) is 0.900. The average molecular weight is 472 g/mol. The predicted molar refractivity (Wildman–Crippen MR) is 146 cm³/mol. The van der Waals surface area contributed by atoms with E-state index in [1.807, 2.05) is 19.9 Å². The van der Waals surface area contributed by atoms with Gasteiger partial charge in [-0.25, -0.2) is 0 Å². The number of hydrogen-bond acceptors (Lipinski definition) is 3. The lowest BCUT2D eigenvalue weighted by molar-refractivity contribution is -0.0221. The van der Waals surface area contributed by atoms with Crippen LogP contribution in [0.1, 0.15) is 77.6 Å². The molecule has 0 saturated carbocycles. The molecule has 0 radical (unpaired) electrons. The fourth-order valence-corrected chi connectivity index (χ4v) is 5.69. The lowest BCUT2D eigenvalue weighted by Crippen LogP contribution is -2.53. The predicted octanol–water partition coefficient (Wildman–Crippen LogP) is 7.93. The maximum Gasteiger partial charge on any atom is 0.118 e. The molecule has 4 atom stereocenters. The molecule has 1 aliphatic carbocycles. The minimum Gasteiger partial charge on any atom is -0.493 e. The second-order valence-electron chi connectivity index (χ2n) is 10.7. The zero-order valence-corrected chi connectivity index (χ0v) is 22.6. The minimum atomic E-state index is -0.200. The molecule has 3 nitrogen and oxygen atoms in total. The van der Waals surface area contributed by atoms with Crippen molar-refractivity contribution in [2.45, 2.75) is 84.1 Å². The van der Waals surface area contributed by atoms with Gasteiger partial charge in [0.2, 0.25) is 0 Å². The lowest BCUT2D eigenvalue weighted by atomic mass is 9.81. The van der Waals surface area contributed by atoms with Crippen LogP contribution in [0.4, 0.5) is 0 Å². The molecule has 0 N–H and O–H groups in total. The molecule has 4 rings (SSSR count). The van der Waals surface area contributed by atoms with Crippen molar-refractivity contribution in [3.05, 3.63) is 95.4 Å². The third kappa shape index (κ3) is 4.47. The highest BCUT2D eigenvalue weighted by atomic mass is 16.5. The second kappa shape index (κ2) is 9.70. The van der Waals surface area contributed by atoms with E-state index in [0.717, 1.165) is 12.2 Å². The van der Waals surface area contributed by atoms with Crippen LogP contribution in [0.5, 0.6) is 0 Å². The molecular formula is C32H41NO2. The van der Waals surface area contributed by atoms with Gasteiger partial charge in [0, 0.05) is 18.7 Å². The highest BCUT2D eigenvalue weighted by Gasteiger charge is 2.41. The molecule has 1 heterocycles. The van der Waals surface area contributed by atoms with Crippen molar-refractivity contribution in [1.82, 2.24) is 4.90 Å². The Morgan fingerprint density at radius 2 is 1.80 bits per heavy atom. The standard InChI is InChI=1S/C32H41NO2/c1-9-32(7,24(4)35-23(3)20-22(2)34-8)33-19-13-12-16-30(33)25-17-18-27-26-14-10-11-15-28(26)31(5,6)29(27)21-25/h10-22,24,30H,9H2,1-8H3/b23-20-. The van der Waals surface area contributed by atoms with Gasteiger partial charge < -0.3 is 14.4 Å². The lowest BCUT2D eigenvalue weighted by Gasteiger charge is -2.48. The molecule has 0 saturated heterocycles. The molecule has 0 bridgehead atoms. The Bertz CT molecular complexity index is 1160. The van der Waals surface area contributed by atoms with Crippen molar-refractivity contribution < 1.29 is 9.47 Å². The van der Waals surface area contributed by atoms with Crippen molar-refractivity contribution in [2.75, 3.05) is 7.11 Å². The number of methoxy groups -OCH3 is 1. The zero-order valence-electron chi connectivity index (χ0n) is 22.6. The minimum absolute atomic E-state index is 0.00853. The molecule has 1 aliphatic heterocycles. The normalized spacial score (nSPS) is 21.8. The summed E-state index contributed by atoms with van der Waals surface area (Å²) in [6.45, 7) is 15.5. The topological polar surface area (TPSA) is 21.7 Å². The molecule has 4 unspecified atom stereocenters. The summed E-state index contributed by atoms with van der Waals surface area (Å²) < 4.78 is 11.8. The summed E-state index contributed by atoms with van der Waals surface area (Å²) in [6, 6.07) is 16.0. The first-order valence-electron chi connectivity index (χ1n) is 12.9. The van der Waals surface area contributed by atoms with Crippen LogP contribution in [-0.2, 0) is 14.9 Å². The van der Waals surface area contributed by atoms with Crippen molar-refractivity contribution in [1.29, 1.82) is 0 Å². The van der Waals surface area contributed by atoms with Gasteiger partial charge in [0.15, 0.2) is 0 Å². The van der Waals surface area contributed by atoms with Gasteiger partial charge in [-0.2, -0.15) is 0 Å². The van der Waals surface area contributed by atoms with Gasteiger partial charge in [0.05, 0.1) is 23.4 Å². The maximum absolute atomic E-state index is 6.45. The molecule has 0 fully saturated rings. The number of rotatable bonds is 8. The Kier molecular flexibility index (Phi) is 7.02. The van der Waals surface area contributed by atoms with E-state index in [1.54, 1.807) is 7.11 Å². The molecular weight excluding hydrogens is 430 g/mol. The summed E-state index contributed by atoms with van der Waals surface area (Å²) in [6.07, 6.45) is 11.9. The smallest absolute Gasteiger partial charge is 0.118 e. The maximum atomic E-state index is 6.45. The number of nitrogens with zero attached hydrogens (tertiary/aromatic N) is 1. The molecule has 0 amide bonds. The molecule has 2 aromatic carbocycles. The molecule has 2 aromatic rings. The van der Waals surface area contributed by atoms with E-state index >= 15 is 0 Å². The summed E-state index contributed by atoms with van der Waals surface area (Å²) in [4.78, 5) is 2.49. The van der Waals surface area contributed by atoms with Crippen molar-refractivity contribution >= 4 is 0 Å². The van der Waals surface area contributed by atoms with Crippen LogP contribution in [0.3, 0.4) is 0 Å². The number of benzene rings is 2. The Morgan fingerprint density at radius 1 is 1.09 bits per heavy atom. The first-order valence-corrected chi connectivity index (χ1v) is 12.9. The average Bonchev–Trinajstić information content (AvgIpc) is 3.09. The van der Waals surface area contributed by atoms with Crippen molar-refractivity contribution in [3.8, 4) is 11.1 Å². The van der Waals surface area contributed by atoms with Gasteiger partial charge in [0.1, 0.15) is 6.10 Å². The van der Waals surface area contributed by atoms with E-state index in [4.69, 9.17) is 9.47 Å². The molecule has 186 valence electrons. The van der Waals surface area contributed by atoms with Crippen LogP contribution in [0.2, 0.25) is 0 Å². The van der Waals surface area contributed by atoms with Gasteiger partial charge in [0.25, 0.3) is 0 Å². The Morgan fingerprint density at radius 3 is 2.51 bits per heavy atom. The molecule has 35 heavy (non-hydrogen) atoms. The Hall–Kier alpha value is -2.78. The van der Waals surface area contributed by atoms with E-state index in [-0.39, 0.29) is 29.2 Å². The van der Waals surface area contributed by atoms with E-state index in [0.29, 0.717) is 0 Å². The van der Waals surface area contributed by atoms with E-state index in [9.17, 15) is 0 Å². The highest BCUT2D eigenvalue weighted by molar-refractivity contribution is 5.81. The zero-order chi connectivity index (χ0) is 25.4. The van der Waals surface area contributed by atoms with E-state index in [1.165, 1.54) is 27.8 Å². The SMILES string of the molecule is CCC(C)(C(C)O/C(C)=C\C(C)OC)N1C=CC=CC1c1ccc2c(c1)C(C)(C)c1ccccc1-2. The van der Waals surface area contributed by atoms with Crippen LogP contribution < -0.4 is 0 Å². The quantitative estimate of drug-likeness (QED) is 0.365. The summed E-state index contributed by atoms with van der Waals surface area (Å²) in [5, 5.41) is 0. The Labute approximate surface area is 212 Å². The van der Waals surface area contributed by atoms with Crippen molar-refractivity contribution in [2.24, 2.45) is 0 Å². The Balaban J connectivity index is 1.68. The van der Waals surface area contributed by atoms with Crippen molar-refractivity contribution in [3.63, 3.8) is 0 Å². The molecule has 2 aliphatic rings. The van der Waals surface area contributed by atoms with Gasteiger partial charge in [-0.15, -0.1) is 0 Å². The van der Waals surface area contributed by atoms with E-state index in [2.05, 4.69) is 106 Å². The van der Waals surface area contributed by atoms with Crippen LogP contribution in [0, 0.1) is 0 Å². The van der Waals surface area contributed by atoms with Crippen LogP contribution in [0.15, 0.2) is 78.7 Å². The monoisotopic (exact) mass is 471 g/mol. The number of allylic oxidation sites excluding steroid dienone is 3. The second-order valence-corrected chi connectivity index (χ2v) is 10.7. The highest BCUT2D eigenvalue weighted by Crippen LogP contribution is 2.50. The fourth-order valence-electron chi connectivity index (χ4n) is 5.69. The van der Waals surface area contributed by atoms with Gasteiger partial charge in [-0.1, -0.05) is 75.4 Å². The van der Waals surface area contributed by atoms with Crippen LogP contribution >= 0.6 is 0 Å². The largest absolute Gasteiger partial charge is 0.493 e. The third-order valence-corrected chi connectivity index (χ3v) is 8.29. The van der Waals surface area contributed by atoms with Gasteiger partial charge in [-0.3, -0.25) is 0 Å². The first-order chi connectivity index (χ1) is 16.6. The third-order valence-electron chi connectivity index (χ3n) is 8.29. The number of fused-ring (bicyclic) bond motifs is 3. The summed E-state index contributed by atoms with van der Waals surface area (Å²) >= 11 is 0. The summed E-state index contributed by atoms with van der Waals surface area (Å²) in [7, 11) is 1.72. The molecule has 3 heteroatoms. The van der Waals surface area contributed by atoms with Gasteiger partial charge in [-0.05, 0) is 74.1 Å². The van der Waals surface area contributed by atoms with E-state index < -0.39 is 0 Å². The first kappa shape index (κ1) is 25.3. The molecule has 0 spiro atoms. The molecule has 0 aromatic heterocycles.